The van der Waals surface area contributed by atoms with Gasteiger partial charge >= 0.3 is 5.97 Å². The molecule has 1 aliphatic carbocycles. The first-order chi connectivity index (χ1) is 12.2. The molecule has 0 atom stereocenters. The van der Waals surface area contributed by atoms with Crippen LogP contribution in [0.1, 0.15) is 36.8 Å². The van der Waals surface area contributed by atoms with Crippen molar-refractivity contribution in [3.63, 3.8) is 0 Å². The van der Waals surface area contributed by atoms with Gasteiger partial charge in [0.1, 0.15) is 0 Å². The van der Waals surface area contributed by atoms with Gasteiger partial charge in [-0.2, -0.15) is 0 Å². The molecule has 0 bridgehead atoms. The third-order valence-corrected chi connectivity index (χ3v) is 4.71. The van der Waals surface area contributed by atoms with Crippen molar-refractivity contribution in [1.29, 1.82) is 0 Å². The van der Waals surface area contributed by atoms with Gasteiger partial charge in [0, 0.05) is 25.1 Å². The fraction of sp³-hybridized carbons (Fsp3) is 0.400. The zero-order valence-electron chi connectivity index (χ0n) is 14.2. The lowest BCUT2D eigenvalue weighted by atomic mass is 9.87. The smallest absolute Gasteiger partial charge is 0.331 e. The van der Waals surface area contributed by atoms with E-state index in [4.69, 9.17) is 4.74 Å². The standard InChI is InChI=1S/C20H23NO4/c22-19(21-11-13-25-14-12-21)10-4-9-18(20(23)24)17-8-3-6-15-5-1-2-7-16(15)17/h1-3,5-7H,4,8-14H2,(H,23,24). The molecule has 2 aliphatic rings. The maximum absolute atomic E-state index is 12.2. The Kier molecular flexibility index (Phi) is 5.66. The van der Waals surface area contributed by atoms with Crippen LogP contribution in [0.4, 0.5) is 0 Å². The van der Waals surface area contributed by atoms with Gasteiger partial charge in [0.25, 0.3) is 0 Å². The fourth-order valence-electron chi connectivity index (χ4n) is 3.39. The van der Waals surface area contributed by atoms with Gasteiger partial charge in [-0.15, -0.1) is 0 Å². The molecule has 1 aromatic carbocycles. The second kappa shape index (κ2) is 8.12. The van der Waals surface area contributed by atoms with Gasteiger partial charge in [-0.1, -0.05) is 36.4 Å². The maximum Gasteiger partial charge on any atom is 0.331 e. The van der Waals surface area contributed by atoms with Crippen LogP contribution in [0.2, 0.25) is 0 Å². The number of morpholine rings is 1. The molecule has 1 N–H and O–H groups in total. The molecule has 1 heterocycles. The zero-order valence-corrected chi connectivity index (χ0v) is 14.2. The summed E-state index contributed by atoms with van der Waals surface area (Å²) in [4.78, 5) is 25.8. The summed E-state index contributed by atoms with van der Waals surface area (Å²) in [6.45, 7) is 2.42. The number of ether oxygens (including phenoxy) is 1. The summed E-state index contributed by atoms with van der Waals surface area (Å²) in [6, 6.07) is 7.84. The molecule has 1 amide bonds. The fourth-order valence-corrected chi connectivity index (χ4v) is 3.39. The molecule has 1 fully saturated rings. The van der Waals surface area contributed by atoms with Gasteiger partial charge in [0.2, 0.25) is 5.91 Å². The van der Waals surface area contributed by atoms with Crippen LogP contribution < -0.4 is 0 Å². The first kappa shape index (κ1) is 17.4. The van der Waals surface area contributed by atoms with E-state index in [9.17, 15) is 14.7 Å². The molecule has 0 aromatic heterocycles. The molecule has 0 spiro atoms. The SMILES string of the molecule is O=C(O)C(CCCC(=O)N1CCOCC1)=C1CC=Cc2ccccc21. The lowest BCUT2D eigenvalue weighted by molar-refractivity contribution is -0.136. The topological polar surface area (TPSA) is 66.8 Å². The Morgan fingerprint density at radius 1 is 1.12 bits per heavy atom. The van der Waals surface area contributed by atoms with Crippen LogP contribution in [-0.2, 0) is 14.3 Å². The average Bonchev–Trinajstić information content (AvgIpc) is 2.65. The largest absolute Gasteiger partial charge is 0.478 e. The molecular formula is C20H23NO4. The summed E-state index contributed by atoms with van der Waals surface area (Å²) >= 11 is 0. The number of aliphatic carboxylic acids is 1. The van der Waals surface area contributed by atoms with Crippen LogP contribution in [0, 0.1) is 0 Å². The van der Waals surface area contributed by atoms with E-state index in [2.05, 4.69) is 0 Å². The summed E-state index contributed by atoms with van der Waals surface area (Å²) in [6.07, 6.45) is 5.98. The molecule has 3 rings (SSSR count). The number of carbonyl (C=O) groups excluding carboxylic acids is 1. The third-order valence-electron chi connectivity index (χ3n) is 4.71. The van der Waals surface area contributed by atoms with Crippen LogP contribution in [0.5, 0.6) is 0 Å². The van der Waals surface area contributed by atoms with Gasteiger partial charge in [-0.3, -0.25) is 4.79 Å². The van der Waals surface area contributed by atoms with Crippen LogP contribution in [0.3, 0.4) is 0 Å². The third kappa shape index (κ3) is 4.17. The van der Waals surface area contributed by atoms with Crippen molar-refractivity contribution in [1.82, 2.24) is 4.90 Å². The van der Waals surface area contributed by atoms with Gasteiger partial charge < -0.3 is 14.7 Å². The van der Waals surface area contributed by atoms with Crippen molar-refractivity contribution >= 4 is 23.5 Å². The van der Waals surface area contributed by atoms with Crippen LogP contribution >= 0.6 is 0 Å². The molecule has 0 saturated carbocycles. The summed E-state index contributed by atoms with van der Waals surface area (Å²) in [5.41, 5.74) is 3.32. The molecular weight excluding hydrogens is 318 g/mol. The number of allylic oxidation sites excluding steroid dienone is 2. The maximum atomic E-state index is 12.2. The molecule has 1 aromatic rings. The van der Waals surface area contributed by atoms with Gasteiger partial charge in [-0.05, 0) is 36.0 Å². The zero-order chi connectivity index (χ0) is 17.6. The molecule has 0 radical (unpaired) electrons. The summed E-state index contributed by atoms with van der Waals surface area (Å²) in [5.74, 6) is -0.805. The van der Waals surface area contributed by atoms with E-state index in [-0.39, 0.29) is 5.91 Å². The molecule has 5 nitrogen and oxygen atoms in total. The summed E-state index contributed by atoms with van der Waals surface area (Å²) < 4.78 is 5.25. The minimum absolute atomic E-state index is 0.0852. The van der Waals surface area contributed by atoms with E-state index in [0.717, 1.165) is 16.7 Å². The number of carboxylic acid groups (broad SMARTS) is 1. The van der Waals surface area contributed by atoms with Crippen LogP contribution in [-0.4, -0.2) is 48.2 Å². The lowest BCUT2D eigenvalue weighted by Crippen LogP contribution is -2.40. The van der Waals surface area contributed by atoms with Crippen molar-refractivity contribution in [3.05, 3.63) is 47.0 Å². The van der Waals surface area contributed by atoms with E-state index in [1.54, 1.807) is 4.90 Å². The number of rotatable bonds is 5. The van der Waals surface area contributed by atoms with Crippen molar-refractivity contribution in [3.8, 4) is 0 Å². The summed E-state index contributed by atoms with van der Waals surface area (Å²) in [5, 5.41) is 9.67. The Morgan fingerprint density at radius 3 is 2.64 bits per heavy atom. The Bertz CT molecular complexity index is 714. The number of fused-ring (bicyclic) bond motifs is 1. The molecule has 25 heavy (non-hydrogen) atoms. The predicted octanol–water partition coefficient (Wildman–Crippen LogP) is 2.97. The van der Waals surface area contributed by atoms with Crippen LogP contribution in [0.15, 0.2) is 35.9 Å². The highest BCUT2D eigenvalue weighted by atomic mass is 16.5. The van der Waals surface area contributed by atoms with E-state index < -0.39 is 5.97 Å². The normalized spacial score (nSPS) is 18.6. The molecule has 0 unspecified atom stereocenters. The van der Waals surface area contributed by atoms with E-state index in [1.807, 2.05) is 36.4 Å². The first-order valence-corrected chi connectivity index (χ1v) is 8.73. The second-order valence-corrected chi connectivity index (χ2v) is 6.30. The Balaban J connectivity index is 1.69. The number of amides is 1. The monoisotopic (exact) mass is 341 g/mol. The van der Waals surface area contributed by atoms with Crippen molar-refractivity contribution < 1.29 is 19.4 Å². The second-order valence-electron chi connectivity index (χ2n) is 6.30. The molecule has 1 aliphatic heterocycles. The number of benzene rings is 1. The predicted molar refractivity (Wildman–Crippen MR) is 95.9 cm³/mol. The van der Waals surface area contributed by atoms with Gasteiger partial charge in [-0.25, -0.2) is 4.79 Å². The van der Waals surface area contributed by atoms with Crippen LogP contribution in [0.25, 0.3) is 11.6 Å². The number of hydrogen-bond donors (Lipinski definition) is 1. The Morgan fingerprint density at radius 2 is 1.88 bits per heavy atom. The summed E-state index contributed by atoms with van der Waals surface area (Å²) in [7, 11) is 0. The van der Waals surface area contributed by atoms with E-state index in [1.165, 1.54) is 0 Å². The highest BCUT2D eigenvalue weighted by molar-refractivity contribution is 5.98. The highest BCUT2D eigenvalue weighted by Crippen LogP contribution is 2.33. The molecule has 1 saturated heterocycles. The molecule has 5 heteroatoms. The first-order valence-electron chi connectivity index (χ1n) is 8.73. The number of carboxylic acids is 1. The number of nitrogens with zero attached hydrogens (tertiary/aromatic N) is 1. The quantitative estimate of drug-likeness (QED) is 0.836. The average molecular weight is 341 g/mol. The minimum atomic E-state index is -0.890. The highest BCUT2D eigenvalue weighted by Gasteiger charge is 2.20. The van der Waals surface area contributed by atoms with Crippen molar-refractivity contribution in [2.45, 2.75) is 25.7 Å². The van der Waals surface area contributed by atoms with Gasteiger partial charge in [0.15, 0.2) is 0 Å². The van der Waals surface area contributed by atoms with E-state index in [0.29, 0.717) is 57.6 Å². The van der Waals surface area contributed by atoms with E-state index >= 15 is 0 Å². The number of carbonyl (C=O) groups is 2. The Hall–Kier alpha value is -2.40. The Labute approximate surface area is 147 Å². The molecule has 132 valence electrons. The number of hydrogen-bond acceptors (Lipinski definition) is 3. The van der Waals surface area contributed by atoms with Crippen molar-refractivity contribution in [2.24, 2.45) is 0 Å². The lowest BCUT2D eigenvalue weighted by Gasteiger charge is -2.27. The van der Waals surface area contributed by atoms with Gasteiger partial charge in [0.05, 0.1) is 13.2 Å². The minimum Gasteiger partial charge on any atom is -0.478 e. The van der Waals surface area contributed by atoms with Crippen molar-refractivity contribution in [2.75, 3.05) is 26.3 Å².